The molecule has 0 spiro atoms. The monoisotopic (exact) mass is 494 g/mol. The van der Waals surface area contributed by atoms with Gasteiger partial charge in [-0.15, -0.1) is 0 Å². The van der Waals surface area contributed by atoms with Crippen molar-refractivity contribution in [1.82, 2.24) is 15.1 Å². The number of nitrogens with one attached hydrogen (secondary N) is 2. The van der Waals surface area contributed by atoms with E-state index in [1.807, 2.05) is 5.32 Å². The Hall–Kier alpha value is -3.86. The maximum atomic E-state index is 13.6. The van der Waals surface area contributed by atoms with E-state index in [0.717, 1.165) is 11.8 Å². The molecule has 0 saturated carbocycles. The van der Waals surface area contributed by atoms with Crippen LogP contribution in [0.2, 0.25) is 5.02 Å². The van der Waals surface area contributed by atoms with Gasteiger partial charge in [0.25, 0.3) is 5.91 Å². The molecule has 0 fully saturated rings. The average Bonchev–Trinajstić information content (AvgIpc) is 3.08. The lowest BCUT2D eigenvalue weighted by atomic mass is 10.2. The minimum absolute atomic E-state index is 0.177. The Morgan fingerprint density at radius 1 is 1.00 bits per heavy atom. The molecule has 0 atom stereocenters. The number of amides is 2. The van der Waals surface area contributed by atoms with Gasteiger partial charge in [-0.25, -0.2) is 22.6 Å². The van der Waals surface area contributed by atoms with Crippen LogP contribution in [0.4, 0.5) is 18.9 Å². The fourth-order valence-corrected chi connectivity index (χ4v) is 2.99. The summed E-state index contributed by atoms with van der Waals surface area (Å²) in [6.45, 7) is 2.28. The van der Waals surface area contributed by atoms with Gasteiger partial charge in [-0.05, 0) is 50.2 Å². The Morgan fingerprint density at radius 2 is 1.68 bits per heavy atom. The maximum absolute atomic E-state index is 13.6. The number of ether oxygens (including phenoxy) is 1. The molecule has 3 rings (SSSR count). The van der Waals surface area contributed by atoms with E-state index in [-0.39, 0.29) is 5.56 Å². The summed E-state index contributed by atoms with van der Waals surface area (Å²) in [7, 11) is 0. The largest absolute Gasteiger partial charge is 0.452 e. The van der Waals surface area contributed by atoms with Crippen LogP contribution in [-0.2, 0) is 14.3 Å². The quantitative estimate of drug-likeness (QED) is 0.387. The van der Waals surface area contributed by atoms with E-state index in [9.17, 15) is 27.6 Å². The third-order valence-corrected chi connectivity index (χ3v) is 5.19. The fraction of sp³-hybridized carbons (Fsp3) is 0.182. The number of aromatic nitrogens is 2. The molecule has 34 heavy (non-hydrogen) atoms. The van der Waals surface area contributed by atoms with E-state index in [1.54, 1.807) is 30.7 Å². The van der Waals surface area contributed by atoms with Gasteiger partial charge in [0.1, 0.15) is 0 Å². The van der Waals surface area contributed by atoms with E-state index in [4.69, 9.17) is 16.3 Å². The van der Waals surface area contributed by atoms with Gasteiger partial charge in [0.15, 0.2) is 24.1 Å². The summed E-state index contributed by atoms with van der Waals surface area (Å²) in [6.07, 6.45) is 0. The van der Waals surface area contributed by atoms with Crippen LogP contribution in [0.15, 0.2) is 36.4 Å². The van der Waals surface area contributed by atoms with Crippen LogP contribution in [0.5, 0.6) is 0 Å². The summed E-state index contributed by atoms with van der Waals surface area (Å²) in [4.78, 5) is 35.8. The number of hydrogen-bond donors (Lipinski definition) is 2. The van der Waals surface area contributed by atoms with Gasteiger partial charge in [0, 0.05) is 0 Å². The minimum Gasteiger partial charge on any atom is -0.452 e. The summed E-state index contributed by atoms with van der Waals surface area (Å²) in [6, 6.07) is 7.73. The second-order valence-corrected chi connectivity index (χ2v) is 7.45. The molecule has 8 nitrogen and oxygen atoms in total. The highest BCUT2D eigenvalue weighted by Gasteiger charge is 2.17. The van der Waals surface area contributed by atoms with Gasteiger partial charge in [0.2, 0.25) is 5.91 Å². The average molecular weight is 495 g/mol. The predicted octanol–water partition coefficient (Wildman–Crippen LogP) is 3.47. The Labute approximate surface area is 196 Å². The van der Waals surface area contributed by atoms with Crippen LogP contribution >= 0.6 is 11.6 Å². The third kappa shape index (κ3) is 5.54. The lowest BCUT2D eigenvalue weighted by Gasteiger charge is -2.09. The number of carbonyl (C=O) groups excluding carboxylic acids is 3. The van der Waals surface area contributed by atoms with Crippen molar-refractivity contribution in [1.29, 1.82) is 0 Å². The topological polar surface area (TPSA) is 102 Å². The first-order chi connectivity index (χ1) is 16.1. The van der Waals surface area contributed by atoms with Gasteiger partial charge >= 0.3 is 5.97 Å². The van der Waals surface area contributed by atoms with Crippen molar-refractivity contribution in [3.05, 3.63) is 75.8 Å². The highest BCUT2D eigenvalue weighted by Crippen LogP contribution is 2.22. The number of carbonyl (C=O) groups is 3. The second kappa shape index (κ2) is 10.4. The van der Waals surface area contributed by atoms with Gasteiger partial charge in [0.05, 0.1) is 39.9 Å². The number of hydrogen-bond acceptors (Lipinski definition) is 5. The smallest absolute Gasteiger partial charge is 0.338 e. The van der Waals surface area contributed by atoms with Crippen LogP contribution in [0, 0.1) is 31.3 Å². The Balaban J connectivity index is 1.48. The molecule has 0 aliphatic heterocycles. The highest BCUT2D eigenvalue weighted by molar-refractivity contribution is 6.31. The van der Waals surface area contributed by atoms with E-state index >= 15 is 0 Å². The molecule has 12 heteroatoms. The highest BCUT2D eigenvalue weighted by atomic mass is 35.5. The second-order valence-electron chi connectivity index (χ2n) is 7.07. The summed E-state index contributed by atoms with van der Waals surface area (Å²) in [5.41, 5.74) is 1.66. The SMILES string of the molecule is Cc1nn(-c2ccc(C(=O)OCC(=O)NCC(=O)Nc3ccc(F)c(F)c3F)cc2)c(C)c1Cl. The minimum atomic E-state index is -1.74. The number of aryl methyl sites for hydroxylation is 1. The van der Waals surface area contributed by atoms with E-state index in [0.29, 0.717) is 22.5 Å². The molecule has 0 aliphatic carbocycles. The number of rotatable bonds is 7. The van der Waals surface area contributed by atoms with Gasteiger partial charge in [-0.2, -0.15) is 5.10 Å². The van der Waals surface area contributed by atoms with Gasteiger partial charge in [-0.1, -0.05) is 11.6 Å². The van der Waals surface area contributed by atoms with E-state index < -0.39 is 54.1 Å². The van der Waals surface area contributed by atoms with Crippen LogP contribution in [-0.4, -0.2) is 40.7 Å². The molecule has 0 bridgehead atoms. The molecule has 0 saturated heterocycles. The van der Waals surface area contributed by atoms with Crippen molar-refractivity contribution in [3.63, 3.8) is 0 Å². The van der Waals surface area contributed by atoms with Crippen molar-refractivity contribution in [2.45, 2.75) is 13.8 Å². The molecule has 2 aromatic carbocycles. The summed E-state index contributed by atoms with van der Waals surface area (Å²) in [5, 5.41) is 9.01. The summed E-state index contributed by atoms with van der Waals surface area (Å²) in [5.74, 6) is -7.19. The van der Waals surface area contributed by atoms with Gasteiger partial charge < -0.3 is 15.4 Å². The number of benzene rings is 2. The molecule has 3 aromatic rings. The van der Waals surface area contributed by atoms with Crippen molar-refractivity contribution in [2.24, 2.45) is 0 Å². The van der Waals surface area contributed by atoms with Crippen molar-refractivity contribution >= 4 is 35.1 Å². The molecule has 0 radical (unpaired) electrons. The molecule has 1 heterocycles. The summed E-state index contributed by atoms with van der Waals surface area (Å²) < 4.78 is 46.2. The number of halogens is 4. The first-order valence-corrected chi connectivity index (χ1v) is 10.2. The molecule has 2 N–H and O–H groups in total. The predicted molar refractivity (Wildman–Crippen MR) is 116 cm³/mol. The Bertz CT molecular complexity index is 1260. The third-order valence-electron chi connectivity index (χ3n) is 4.64. The molecule has 178 valence electrons. The van der Waals surface area contributed by atoms with Crippen LogP contribution in [0.3, 0.4) is 0 Å². The zero-order chi connectivity index (χ0) is 25.0. The van der Waals surface area contributed by atoms with Crippen LogP contribution < -0.4 is 10.6 Å². The molecule has 1 aromatic heterocycles. The normalized spacial score (nSPS) is 10.6. The van der Waals surface area contributed by atoms with Crippen LogP contribution in [0.1, 0.15) is 21.7 Å². The summed E-state index contributed by atoms with van der Waals surface area (Å²) >= 11 is 6.14. The molecular weight excluding hydrogens is 477 g/mol. The molecule has 0 unspecified atom stereocenters. The fourth-order valence-electron chi connectivity index (χ4n) is 2.87. The number of esters is 1. The van der Waals surface area contributed by atoms with E-state index in [1.165, 1.54) is 12.1 Å². The van der Waals surface area contributed by atoms with Gasteiger partial charge in [-0.3, -0.25) is 9.59 Å². The van der Waals surface area contributed by atoms with Crippen molar-refractivity contribution in [2.75, 3.05) is 18.5 Å². The van der Waals surface area contributed by atoms with Crippen LogP contribution in [0.25, 0.3) is 5.69 Å². The standard InChI is InChI=1S/C22H18ClF3N4O4/c1-11-19(23)12(2)30(29-11)14-5-3-13(4-6-14)22(33)34-10-18(32)27-9-17(31)28-16-8-7-15(24)20(25)21(16)26/h3-8H,9-10H2,1-2H3,(H,27,32)(H,28,31). The zero-order valence-electron chi connectivity index (χ0n) is 17.9. The Morgan fingerprint density at radius 3 is 2.29 bits per heavy atom. The van der Waals surface area contributed by atoms with Crippen molar-refractivity contribution < 1.29 is 32.3 Å². The van der Waals surface area contributed by atoms with E-state index in [2.05, 4.69) is 10.4 Å². The first kappa shape index (κ1) is 24.8. The Kier molecular flexibility index (Phi) is 7.57. The number of nitrogens with zero attached hydrogens (tertiary/aromatic N) is 2. The molecule has 0 aliphatic rings. The zero-order valence-corrected chi connectivity index (χ0v) is 18.7. The first-order valence-electron chi connectivity index (χ1n) is 9.77. The van der Waals surface area contributed by atoms with Crippen molar-refractivity contribution in [3.8, 4) is 5.69 Å². The lowest BCUT2D eigenvalue weighted by molar-refractivity contribution is -0.126. The molecule has 2 amide bonds. The molecular formula is C22H18ClF3N4O4. The maximum Gasteiger partial charge on any atom is 0.338 e. The lowest BCUT2D eigenvalue weighted by Crippen LogP contribution is -2.35. The number of anilines is 1.